The van der Waals surface area contributed by atoms with Crippen molar-refractivity contribution < 1.29 is 4.79 Å². The fourth-order valence-electron chi connectivity index (χ4n) is 0.897. The Labute approximate surface area is 78.2 Å². The van der Waals surface area contributed by atoms with Crippen molar-refractivity contribution in [2.45, 2.75) is 33.1 Å². The highest BCUT2D eigenvalue weighted by Crippen LogP contribution is 2.18. The van der Waals surface area contributed by atoms with Gasteiger partial charge >= 0.3 is 0 Å². The molecule has 0 saturated carbocycles. The Morgan fingerprint density at radius 1 is 1.23 bits per heavy atom. The van der Waals surface area contributed by atoms with Crippen LogP contribution in [-0.4, -0.2) is 15.8 Å². The highest BCUT2D eigenvalue weighted by atomic mass is 16.1. The van der Waals surface area contributed by atoms with E-state index in [1.165, 1.54) is 13.1 Å². The number of carbonyl (C=O) groups is 1. The fraction of sp³-hybridized carbons (Fsp3) is 0.500. The van der Waals surface area contributed by atoms with Crippen LogP contribution in [0.3, 0.4) is 0 Å². The summed E-state index contributed by atoms with van der Waals surface area (Å²) in [6, 6.07) is 0. The van der Waals surface area contributed by atoms with Gasteiger partial charge < -0.3 is 0 Å². The monoisotopic (exact) mass is 178 g/mol. The molecule has 0 saturated heterocycles. The Morgan fingerprint density at radius 3 is 2.15 bits per heavy atom. The quantitative estimate of drug-likeness (QED) is 0.617. The molecule has 0 atom stereocenters. The normalized spacial score (nSPS) is 11.4. The van der Waals surface area contributed by atoms with Crippen LogP contribution in [0.25, 0.3) is 0 Å². The molecule has 1 aromatic heterocycles. The Bertz CT molecular complexity index is 309. The minimum absolute atomic E-state index is 0.0116. The van der Waals surface area contributed by atoms with Gasteiger partial charge in [0, 0.05) is 18.5 Å². The van der Waals surface area contributed by atoms with Gasteiger partial charge in [-0.2, -0.15) is 0 Å². The molecule has 0 bridgehead atoms. The van der Waals surface area contributed by atoms with E-state index >= 15 is 0 Å². The fourth-order valence-corrected chi connectivity index (χ4v) is 0.897. The van der Waals surface area contributed by atoms with E-state index in [-0.39, 0.29) is 11.2 Å². The maximum atomic E-state index is 10.9. The average molecular weight is 178 g/mol. The minimum atomic E-state index is -0.0482. The van der Waals surface area contributed by atoms with Crippen LogP contribution >= 0.6 is 0 Å². The molecular formula is C10H14N2O. The van der Waals surface area contributed by atoms with E-state index in [2.05, 4.69) is 30.7 Å². The van der Waals surface area contributed by atoms with Crippen molar-refractivity contribution >= 4 is 5.78 Å². The van der Waals surface area contributed by atoms with E-state index in [1.54, 1.807) is 6.20 Å². The number of hydrogen-bond donors (Lipinski definition) is 0. The first kappa shape index (κ1) is 9.84. The van der Waals surface area contributed by atoms with Gasteiger partial charge in [0.2, 0.25) is 0 Å². The molecular weight excluding hydrogens is 164 g/mol. The zero-order valence-electron chi connectivity index (χ0n) is 8.46. The van der Waals surface area contributed by atoms with Gasteiger partial charge in [-0.05, 0) is 0 Å². The Hall–Kier alpha value is -1.25. The third-order valence-corrected chi connectivity index (χ3v) is 1.78. The first-order valence-corrected chi connectivity index (χ1v) is 4.25. The van der Waals surface area contributed by atoms with Crippen molar-refractivity contribution in [3.8, 4) is 0 Å². The largest absolute Gasteiger partial charge is 0.293 e. The van der Waals surface area contributed by atoms with Crippen molar-refractivity contribution in [1.82, 2.24) is 9.97 Å². The first-order chi connectivity index (χ1) is 5.91. The summed E-state index contributed by atoms with van der Waals surface area (Å²) in [7, 11) is 0. The molecule has 0 amide bonds. The smallest absolute Gasteiger partial charge is 0.179 e. The summed E-state index contributed by atoms with van der Waals surface area (Å²) in [4.78, 5) is 19.1. The van der Waals surface area contributed by atoms with Crippen LogP contribution in [0.2, 0.25) is 0 Å². The summed E-state index contributed by atoms with van der Waals surface area (Å²) in [5.74, 6) is -0.0482. The predicted molar refractivity (Wildman–Crippen MR) is 50.7 cm³/mol. The molecule has 0 aromatic carbocycles. The van der Waals surface area contributed by atoms with Crippen LogP contribution in [0.4, 0.5) is 0 Å². The Kier molecular flexibility index (Phi) is 2.45. The summed E-state index contributed by atoms with van der Waals surface area (Å²) in [5.41, 5.74) is 1.31. The molecule has 0 radical (unpaired) electrons. The van der Waals surface area contributed by atoms with Crippen LogP contribution < -0.4 is 0 Å². The maximum Gasteiger partial charge on any atom is 0.179 e. The van der Waals surface area contributed by atoms with Gasteiger partial charge in [-0.15, -0.1) is 0 Å². The zero-order valence-corrected chi connectivity index (χ0v) is 8.46. The predicted octanol–water partition coefficient (Wildman–Crippen LogP) is 1.98. The van der Waals surface area contributed by atoms with Crippen LogP contribution in [0.15, 0.2) is 12.4 Å². The lowest BCUT2D eigenvalue weighted by Crippen LogP contribution is -2.14. The van der Waals surface area contributed by atoms with Crippen molar-refractivity contribution in [2.75, 3.05) is 0 Å². The Morgan fingerprint density at radius 2 is 1.85 bits per heavy atom. The second-order valence-corrected chi connectivity index (χ2v) is 4.09. The highest BCUT2D eigenvalue weighted by Gasteiger charge is 2.15. The van der Waals surface area contributed by atoms with Gasteiger partial charge in [-0.3, -0.25) is 9.78 Å². The molecule has 0 N–H and O–H groups in total. The van der Waals surface area contributed by atoms with E-state index in [0.717, 1.165) is 5.69 Å². The molecule has 1 rings (SSSR count). The summed E-state index contributed by atoms with van der Waals surface area (Å²) in [6.07, 6.45) is 3.19. The second-order valence-electron chi connectivity index (χ2n) is 4.09. The van der Waals surface area contributed by atoms with Gasteiger partial charge in [0.1, 0.15) is 5.69 Å². The molecule has 1 heterocycles. The molecule has 13 heavy (non-hydrogen) atoms. The SMILES string of the molecule is CC(=O)c1cnc(C(C)(C)C)cn1. The molecule has 0 aliphatic carbocycles. The molecule has 1 aromatic rings. The number of nitrogens with zero attached hydrogens (tertiary/aromatic N) is 2. The summed E-state index contributed by atoms with van der Waals surface area (Å²) in [5, 5.41) is 0. The molecule has 0 spiro atoms. The van der Waals surface area contributed by atoms with E-state index in [1.807, 2.05) is 0 Å². The van der Waals surface area contributed by atoms with Crippen molar-refractivity contribution in [1.29, 1.82) is 0 Å². The number of hydrogen-bond acceptors (Lipinski definition) is 3. The van der Waals surface area contributed by atoms with E-state index in [4.69, 9.17) is 0 Å². The molecule has 0 aliphatic rings. The van der Waals surface area contributed by atoms with Crippen molar-refractivity contribution in [2.24, 2.45) is 0 Å². The van der Waals surface area contributed by atoms with Crippen LogP contribution in [0.5, 0.6) is 0 Å². The highest BCUT2D eigenvalue weighted by molar-refractivity contribution is 5.91. The maximum absolute atomic E-state index is 10.9. The lowest BCUT2D eigenvalue weighted by molar-refractivity contribution is 0.101. The van der Waals surface area contributed by atoms with E-state index in [9.17, 15) is 4.79 Å². The third kappa shape index (κ3) is 2.34. The standard InChI is InChI=1S/C10H14N2O/c1-7(13)8-5-12-9(6-11-8)10(2,3)4/h5-6H,1-4H3. The molecule has 3 nitrogen and oxygen atoms in total. The molecule has 0 fully saturated rings. The summed E-state index contributed by atoms with van der Waals surface area (Å²) >= 11 is 0. The van der Waals surface area contributed by atoms with Gasteiger partial charge in [-0.25, -0.2) is 4.98 Å². The summed E-state index contributed by atoms with van der Waals surface area (Å²) in [6.45, 7) is 7.67. The van der Waals surface area contributed by atoms with Crippen molar-refractivity contribution in [3.63, 3.8) is 0 Å². The lowest BCUT2D eigenvalue weighted by Gasteiger charge is -2.16. The van der Waals surface area contributed by atoms with Crippen LogP contribution in [0.1, 0.15) is 43.9 Å². The molecule has 0 unspecified atom stereocenters. The molecule has 0 aliphatic heterocycles. The average Bonchev–Trinajstić information content (AvgIpc) is 2.03. The second kappa shape index (κ2) is 3.24. The van der Waals surface area contributed by atoms with Crippen LogP contribution in [0, 0.1) is 0 Å². The first-order valence-electron chi connectivity index (χ1n) is 4.25. The number of rotatable bonds is 1. The number of carbonyl (C=O) groups excluding carboxylic acids is 1. The third-order valence-electron chi connectivity index (χ3n) is 1.78. The van der Waals surface area contributed by atoms with Gasteiger partial charge in [0.25, 0.3) is 0 Å². The Balaban J connectivity index is 3.01. The number of aromatic nitrogens is 2. The topological polar surface area (TPSA) is 42.9 Å². The van der Waals surface area contributed by atoms with Gasteiger partial charge in [0.15, 0.2) is 5.78 Å². The molecule has 70 valence electrons. The van der Waals surface area contributed by atoms with Crippen molar-refractivity contribution in [3.05, 3.63) is 23.8 Å². The number of ketones is 1. The van der Waals surface area contributed by atoms with Gasteiger partial charge in [-0.1, -0.05) is 20.8 Å². The van der Waals surface area contributed by atoms with E-state index < -0.39 is 0 Å². The van der Waals surface area contributed by atoms with E-state index in [0.29, 0.717) is 5.69 Å². The lowest BCUT2D eigenvalue weighted by atomic mass is 9.93. The minimum Gasteiger partial charge on any atom is -0.293 e. The summed E-state index contributed by atoms with van der Waals surface area (Å²) < 4.78 is 0. The van der Waals surface area contributed by atoms with Crippen LogP contribution in [-0.2, 0) is 5.41 Å². The zero-order chi connectivity index (χ0) is 10.1. The molecule has 3 heteroatoms. The number of Topliss-reactive ketones (excluding diaryl/α,β-unsaturated/α-hetero) is 1. The van der Waals surface area contributed by atoms with Gasteiger partial charge in [0.05, 0.1) is 11.9 Å².